The summed E-state index contributed by atoms with van der Waals surface area (Å²) in [4.78, 5) is 25.9. The monoisotopic (exact) mass is 456 g/mol. The van der Waals surface area contributed by atoms with Crippen LogP contribution < -0.4 is 15.9 Å². The van der Waals surface area contributed by atoms with Crippen molar-refractivity contribution >= 4 is 17.8 Å². The number of amides is 1. The number of anilines is 1. The molecule has 0 spiro atoms. The molecule has 3 aromatic rings. The maximum absolute atomic E-state index is 12.8. The number of benzene rings is 2. The van der Waals surface area contributed by atoms with E-state index in [1.807, 2.05) is 42.5 Å². The lowest BCUT2D eigenvalue weighted by Crippen LogP contribution is -2.30. The number of hydrogen-bond donors (Lipinski definition) is 1. The van der Waals surface area contributed by atoms with E-state index in [-0.39, 0.29) is 0 Å². The van der Waals surface area contributed by atoms with Gasteiger partial charge in [0.2, 0.25) is 0 Å². The number of carbonyl (C=O) groups excluding carboxylic acids is 1. The highest BCUT2D eigenvalue weighted by molar-refractivity contribution is 5.82. The van der Waals surface area contributed by atoms with Crippen molar-refractivity contribution in [1.29, 1.82) is 0 Å². The van der Waals surface area contributed by atoms with E-state index in [9.17, 15) is 22.8 Å². The number of nitrogens with one attached hydrogen (secondary N) is 1. The minimum absolute atomic E-state index is 0.579. The maximum atomic E-state index is 12.8. The smallest absolute Gasteiger partial charge is 0.367 e. The third kappa shape index (κ3) is 6.80. The first-order chi connectivity index (χ1) is 15.8. The summed E-state index contributed by atoms with van der Waals surface area (Å²) in [5.41, 5.74) is 3.47. The highest BCUT2D eigenvalue weighted by Crippen LogP contribution is 2.28. The number of pyridine rings is 1. The van der Waals surface area contributed by atoms with Crippen LogP contribution in [0.4, 0.5) is 18.9 Å². The Labute approximate surface area is 189 Å². The first-order valence-corrected chi connectivity index (χ1v) is 10.2. The number of rotatable bonds is 8. The highest BCUT2D eigenvalue weighted by atomic mass is 19.4. The maximum Gasteiger partial charge on any atom is 0.417 e. The average Bonchev–Trinajstić information content (AvgIpc) is 2.79. The number of hydrogen-bond acceptors (Lipinski definition) is 4. The molecule has 0 atom stereocenters. The van der Waals surface area contributed by atoms with Gasteiger partial charge in [-0.05, 0) is 36.2 Å². The standard InChI is InChI=1S/C24H23F3N4O2/c1-2-30(15-19-6-4-3-5-7-19)21-11-8-18(9-12-21)14-28-29-22(32)17-31-16-20(24(25,26)27)10-13-23(31)33/h3-14,16H,2,15,17H2,1H3,(H,29,32)/b28-14+. The second-order valence-corrected chi connectivity index (χ2v) is 7.27. The van der Waals surface area contributed by atoms with Crippen molar-refractivity contribution in [2.45, 2.75) is 26.2 Å². The van der Waals surface area contributed by atoms with E-state index in [2.05, 4.69) is 34.5 Å². The van der Waals surface area contributed by atoms with Crippen molar-refractivity contribution in [3.63, 3.8) is 0 Å². The van der Waals surface area contributed by atoms with Gasteiger partial charge in [-0.3, -0.25) is 9.59 Å². The van der Waals surface area contributed by atoms with Crippen molar-refractivity contribution < 1.29 is 18.0 Å². The molecule has 0 aliphatic rings. The number of hydrazone groups is 1. The lowest BCUT2D eigenvalue weighted by atomic mass is 10.1. The van der Waals surface area contributed by atoms with Crippen LogP contribution in [-0.2, 0) is 24.1 Å². The fraction of sp³-hybridized carbons (Fsp3) is 0.208. The Morgan fingerprint density at radius 2 is 1.76 bits per heavy atom. The average molecular weight is 456 g/mol. The van der Waals surface area contributed by atoms with E-state index in [4.69, 9.17) is 0 Å². The minimum Gasteiger partial charge on any atom is -0.367 e. The summed E-state index contributed by atoms with van der Waals surface area (Å²) in [5.74, 6) is -0.718. The zero-order valence-electron chi connectivity index (χ0n) is 17.9. The second kappa shape index (κ2) is 10.6. The summed E-state index contributed by atoms with van der Waals surface area (Å²) in [6.45, 7) is 3.09. The van der Waals surface area contributed by atoms with Crippen molar-refractivity contribution in [2.24, 2.45) is 5.10 Å². The van der Waals surface area contributed by atoms with Crippen LogP contribution in [0, 0.1) is 0 Å². The lowest BCUT2D eigenvalue weighted by molar-refractivity contribution is -0.138. The summed E-state index contributed by atoms with van der Waals surface area (Å²) in [6, 6.07) is 19.1. The van der Waals surface area contributed by atoms with Crippen LogP contribution in [0.3, 0.4) is 0 Å². The molecule has 0 radical (unpaired) electrons. The van der Waals surface area contributed by atoms with Crippen molar-refractivity contribution in [2.75, 3.05) is 11.4 Å². The molecule has 0 fully saturated rings. The molecule has 0 aliphatic carbocycles. The zero-order chi connectivity index (χ0) is 23.8. The third-order valence-electron chi connectivity index (χ3n) is 4.88. The van der Waals surface area contributed by atoms with Crippen LogP contribution in [0.25, 0.3) is 0 Å². The van der Waals surface area contributed by atoms with E-state index >= 15 is 0 Å². The van der Waals surface area contributed by atoms with Gasteiger partial charge in [0.05, 0.1) is 11.8 Å². The van der Waals surface area contributed by atoms with Gasteiger partial charge >= 0.3 is 6.18 Å². The quantitative estimate of drug-likeness (QED) is 0.411. The van der Waals surface area contributed by atoms with Gasteiger partial charge in [0.1, 0.15) is 6.54 Å². The first kappa shape index (κ1) is 23.8. The fourth-order valence-electron chi connectivity index (χ4n) is 3.15. The molecule has 2 aromatic carbocycles. The normalized spacial score (nSPS) is 11.5. The van der Waals surface area contributed by atoms with Gasteiger partial charge in [-0.25, -0.2) is 5.43 Å². The Balaban J connectivity index is 1.58. The molecule has 0 unspecified atom stereocenters. The molecule has 0 bridgehead atoms. The molecule has 1 N–H and O–H groups in total. The molecule has 33 heavy (non-hydrogen) atoms. The van der Waals surface area contributed by atoms with E-state index in [0.29, 0.717) is 16.8 Å². The van der Waals surface area contributed by atoms with E-state index in [1.54, 1.807) is 0 Å². The van der Waals surface area contributed by atoms with E-state index in [0.717, 1.165) is 30.4 Å². The fourth-order valence-corrected chi connectivity index (χ4v) is 3.15. The molecule has 9 heteroatoms. The molecular formula is C24H23F3N4O2. The van der Waals surface area contributed by atoms with Crippen LogP contribution in [0.15, 0.2) is 82.8 Å². The third-order valence-corrected chi connectivity index (χ3v) is 4.88. The molecule has 1 heterocycles. The Kier molecular flexibility index (Phi) is 7.66. The molecule has 1 aromatic heterocycles. The molecular weight excluding hydrogens is 433 g/mol. The van der Waals surface area contributed by atoms with Crippen molar-refractivity contribution in [3.05, 3.63) is 100.0 Å². The molecule has 0 aliphatic heterocycles. The van der Waals surface area contributed by atoms with Gasteiger partial charge in [0.15, 0.2) is 0 Å². The summed E-state index contributed by atoms with van der Waals surface area (Å²) in [5, 5.41) is 3.83. The molecule has 6 nitrogen and oxygen atoms in total. The zero-order valence-corrected chi connectivity index (χ0v) is 17.9. The van der Waals surface area contributed by atoms with Gasteiger partial charge < -0.3 is 9.47 Å². The molecule has 0 saturated carbocycles. The van der Waals surface area contributed by atoms with Gasteiger partial charge in [0.25, 0.3) is 11.5 Å². The van der Waals surface area contributed by atoms with E-state index in [1.165, 1.54) is 11.8 Å². The Hall–Kier alpha value is -3.88. The van der Waals surface area contributed by atoms with Gasteiger partial charge in [0, 0.05) is 31.0 Å². The Morgan fingerprint density at radius 3 is 2.39 bits per heavy atom. The van der Waals surface area contributed by atoms with Crippen LogP contribution in [0.5, 0.6) is 0 Å². The number of alkyl halides is 3. The Morgan fingerprint density at radius 1 is 1.06 bits per heavy atom. The number of halogens is 3. The van der Waals surface area contributed by atoms with Gasteiger partial charge in [-0.2, -0.15) is 18.3 Å². The second-order valence-electron chi connectivity index (χ2n) is 7.27. The molecule has 172 valence electrons. The van der Waals surface area contributed by atoms with Crippen LogP contribution in [0.1, 0.15) is 23.6 Å². The van der Waals surface area contributed by atoms with Crippen molar-refractivity contribution in [3.8, 4) is 0 Å². The van der Waals surface area contributed by atoms with Crippen LogP contribution in [-0.4, -0.2) is 23.2 Å². The molecule has 3 rings (SSSR count). The largest absolute Gasteiger partial charge is 0.417 e. The highest BCUT2D eigenvalue weighted by Gasteiger charge is 2.31. The summed E-state index contributed by atoms with van der Waals surface area (Å²) in [6.07, 6.45) is -2.58. The Bertz CT molecular complexity index is 1160. The van der Waals surface area contributed by atoms with E-state index < -0.39 is 29.8 Å². The minimum atomic E-state index is -4.61. The summed E-state index contributed by atoms with van der Waals surface area (Å²) in [7, 11) is 0. The molecule has 1 amide bonds. The summed E-state index contributed by atoms with van der Waals surface area (Å²) >= 11 is 0. The molecule has 0 saturated heterocycles. The lowest BCUT2D eigenvalue weighted by Gasteiger charge is -2.23. The predicted molar refractivity (Wildman–Crippen MR) is 121 cm³/mol. The number of carbonyl (C=O) groups is 1. The number of nitrogens with zero attached hydrogens (tertiary/aromatic N) is 3. The van der Waals surface area contributed by atoms with Crippen molar-refractivity contribution in [1.82, 2.24) is 9.99 Å². The first-order valence-electron chi connectivity index (χ1n) is 10.2. The van der Waals surface area contributed by atoms with Gasteiger partial charge in [-0.1, -0.05) is 42.5 Å². The van der Waals surface area contributed by atoms with Crippen LogP contribution in [0.2, 0.25) is 0 Å². The number of aromatic nitrogens is 1. The summed E-state index contributed by atoms with van der Waals surface area (Å²) < 4.78 is 39.1. The SMILES string of the molecule is CCN(Cc1ccccc1)c1ccc(/C=N/NC(=O)Cn2cc(C(F)(F)F)ccc2=O)cc1. The predicted octanol–water partition coefficient (Wildman–Crippen LogP) is 4.04. The van der Waals surface area contributed by atoms with Crippen LogP contribution >= 0.6 is 0 Å². The van der Waals surface area contributed by atoms with Gasteiger partial charge in [-0.15, -0.1) is 0 Å². The topological polar surface area (TPSA) is 66.7 Å².